The Balaban J connectivity index is 2.09. The number of ether oxygens (including phenoxy) is 1. The lowest BCUT2D eigenvalue weighted by Crippen LogP contribution is -2.37. The van der Waals surface area contributed by atoms with Crippen molar-refractivity contribution in [1.29, 1.82) is 0 Å². The van der Waals surface area contributed by atoms with Crippen LogP contribution >= 0.6 is 0 Å². The van der Waals surface area contributed by atoms with Crippen molar-refractivity contribution >= 4 is 6.09 Å². The Bertz CT molecular complexity index is 316. The van der Waals surface area contributed by atoms with Gasteiger partial charge in [-0.1, -0.05) is 27.7 Å². The summed E-state index contributed by atoms with van der Waals surface area (Å²) in [6.07, 6.45) is -0.346. The summed E-state index contributed by atoms with van der Waals surface area (Å²) in [5.41, 5.74) is 0.400. The molecule has 1 fully saturated rings. The molecule has 0 saturated heterocycles. The molecule has 0 radical (unpaired) electrons. The van der Waals surface area contributed by atoms with Gasteiger partial charge in [-0.3, -0.25) is 0 Å². The third kappa shape index (κ3) is 4.10. The first-order valence-corrected chi connectivity index (χ1v) is 7.16. The minimum Gasteiger partial charge on any atom is -0.444 e. The fourth-order valence-electron chi connectivity index (χ4n) is 2.66. The monoisotopic (exact) mass is 270 g/mol. The Kier molecular flexibility index (Phi) is 4.55. The number of rotatable bonds is 5. The number of nitrogens with one attached hydrogen (secondary N) is 2. The van der Waals surface area contributed by atoms with Crippen molar-refractivity contribution in [2.75, 3.05) is 19.6 Å². The highest BCUT2D eigenvalue weighted by Gasteiger charge is 2.63. The van der Waals surface area contributed by atoms with E-state index in [0.29, 0.717) is 23.3 Å². The number of carbonyl (C=O) groups excluding carboxylic acids is 1. The third-order valence-corrected chi connectivity index (χ3v) is 4.64. The minimum atomic E-state index is -0.431. The summed E-state index contributed by atoms with van der Waals surface area (Å²) in [6, 6.07) is 0. The highest BCUT2D eigenvalue weighted by molar-refractivity contribution is 5.67. The number of hydrogen-bond acceptors (Lipinski definition) is 3. The van der Waals surface area contributed by atoms with Gasteiger partial charge in [0, 0.05) is 13.1 Å². The van der Waals surface area contributed by atoms with Gasteiger partial charge in [0.1, 0.15) is 5.60 Å². The van der Waals surface area contributed by atoms with E-state index >= 15 is 0 Å². The van der Waals surface area contributed by atoms with E-state index in [2.05, 4.69) is 38.3 Å². The van der Waals surface area contributed by atoms with Gasteiger partial charge in [0.2, 0.25) is 0 Å². The van der Waals surface area contributed by atoms with Gasteiger partial charge >= 0.3 is 6.09 Å². The van der Waals surface area contributed by atoms with Crippen molar-refractivity contribution in [3.8, 4) is 0 Å². The molecule has 2 N–H and O–H groups in total. The summed E-state index contributed by atoms with van der Waals surface area (Å²) in [7, 11) is 0. The topological polar surface area (TPSA) is 50.4 Å². The molecule has 0 aromatic carbocycles. The van der Waals surface area contributed by atoms with Crippen molar-refractivity contribution in [1.82, 2.24) is 10.6 Å². The Hall–Kier alpha value is -0.770. The molecule has 1 aliphatic rings. The average Bonchev–Trinajstić information content (AvgIpc) is 2.56. The highest BCUT2D eigenvalue weighted by atomic mass is 16.6. The van der Waals surface area contributed by atoms with Gasteiger partial charge in [-0.2, -0.15) is 0 Å². The van der Waals surface area contributed by atoms with E-state index in [1.807, 2.05) is 20.8 Å². The van der Waals surface area contributed by atoms with Crippen LogP contribution in [0.5, 0.6) is 0 Å². The fraction of sp³-hybridized carbons (Fsp3) is 0.933. The average molecular weight is 270 g/mol. The van der Waals surface area contributed by atoms with Crippen LogP contribution in [0, 0.1) is 16.7 Å². The molecule has 0 bridgehead atoms. The standard InChI is InChI=1S/C15H30N2O2/c1-13(2,3)19-12(18)17-9-8-16-10-11-14(4,5)15(11,6)7/h11,16H,8-10H2,1-7H3,(H,17,18). The van der Waals surface area contributed by atoms with Crippen molar-refractivity contribution in [3.63, 3.8) is 0 Å². The van der Waals surface area contributed by atoms with Gasteiger partial charge in [-0.25, -0.2) is 4.79 Å². The van der Waals surface area contributed by atoms with Gasteiger partial charge in [0.25, 0.3) is 0 Å². The number of alkyl carbamates (subject to hydrolysis) is 1. The van der Waals surface area contributed by atoms with Crippen molar-refractivity contribution < 1.29 is 9.53 Å². The van der Waals surface area contributed by atoms with E-state index in [0.717, 1.165) is 13.1 Å². The van der Waals surface area contributed by atoms with E-state index in [1.165, 1.54) is 0 Å². The zero-order chi connectivity index (χ0) is 14.9. The quantitative estimate of drug-likeness (QED) is 0.755. The zero-order valence-electron chi connectivity index (χ0n) is 13.5. The molecule has 0 atom stereocenters. The fourth-order valence-corrected chi connectivity index (χ4v) is 2.66. The van der Waals surface area contributed by atoms with Crippen molar-refractivity contribution in [3.05, 3.63) is 0 Å². The van der Waals surface area contributed by atoms with Crippen molar-refractivity contribution in [2.45, 2.75) is 54.1 Å². The summed E-state index contributed by atoms with van der Waals surface area (Å²) in [5, 5.41) is 6.16. The summed E-state index contributed by atoms with van der Waals surface area (Å²) < 4.78 is 5.17. The van der Waals surface area contributed by atoms with E-state index in [1.54, 1.807) is 0 Å². The molecule has 0 aliphatic heterocycles. The maximum atomic E-state index is 11.4. The van der Waals surface area contributed by atoms with Gasteiger partial charge in [0.15, 0.2) is 0 Å². The maximum absolute atomic E-state index is 11.4. The first kappa shape index (κ1) is 16.3. The molecule has 0 spiro atoms. The molecule has 112 valence electrons. The van der Waals surface area contributed by atoms with Gasteiger partial charge < -0.3 is 15.4 Å². The largest absolute Gasteiger partial charge is 0.444 e. The van der Waals surface area contributed by atoms with Crippen LogP contribution in [0.15, 0.2) is 0 Å². The van der Waals surface area contributed by atoms with Crippen LogP contribution in [0.25, 0.3) is 0 Å². The summed E-state index contributed by atoms with van der Waals surface area (Å²) in [6.45, 7) is 17.2. The SMILES string of the molecule is CC(C)(C)OC(=O)NCCNCC1C(C)(C)C1(C)C. The van der Waals surface area contributed by atoms with Crippen LogP contribution in [-0.4, -0.2) is 31.3 Å². The molecule has 0 unspecified atom stereocenters. The first-order valence-electron chi connectivity index (χ1n) is 7.16. The molecule has 4 heteroatoms. The predicted molar refractivity (Wildman–Crippen MR) is 78.2 cm³/mol. The molecular weight excluding hydrogens is 240 g/mol. The molecule has 1 saturated carbocycles. The smallest absolute Gasteiger partial charge is 0.407 e. The second-order valence-corrected chi connectivity index (χ2v) is 7.63. The van der Waals surface area contributed by atoms with Crippen molar-refractivity contribution in [2.24, 2.45) is 16.7 Å². The minimum absolute atomic E-state index is 0.346. The van der Waals surface area contributed by atoms with Crippen LogP contribution in [0.3, 0.4) is 0 Å². The molecule has 4 nitrogen and oxygen atoms in total. The molecule has 0 heterocycles. The molecule has 1 rings (SSSR count). The molecule has 1 amide bonds. The summed E-state index contributed by atoms with van der Waals surface area (Å²) >= 11 is 0. The van der Waals surface area contributed by atoms with Gasteiger partial charge in [-0.15, -0.1) is 0 Å². The van der Waals surface area contributed by atoms with Crippen LogP contribution in [0.1, 0.15) is 48.5 Å². The van der Waals surface area contributed by atoms with E-state index in [-0.39, 0.29) is 6.09 Å². The Morgan fingerprint density at radius 2 is 1.63 bits per heavy atom. The van der Waals surface area contributed by atoms with Crippen LogP contribution in [0.2, 0.25) is 0 Å². The Morgan fingerprint density at radius 3 is 2.05 bits per heavy atom. The highest BCUT2D eigenvalue weighted by Crippen LogP contribution is 2.67. The lowest BCUT2D eigenvalue weighted by Gasteiger charge is -2.19. The van der Waals surface area contributed by atoms with E-state index in [9.17, 15) is 4.79 Å². The zero-order valence-corrected chi connectivity index (χ0v) is 13.5. The van der Waals surface area contributed by atoms with Crippen LogP contribution in [0.4, 0.5) is 4.79 Å². The van der Waals surface area contributed by atoms with Gasteiger partial charge in [0.05, 0.1) is 0 Å². The summed E-state index contributed by atoms with van der Waals surface area (Å²) in [4.78, 5) is 11.4. The third-order valence-electron chi connectivity index (χ3n) is 4.64. The molecule has 0 aromatic rings. The second-order valence-electron chi connectivity index (χ2n) is 7.63. The van der Waals surface area contributed by atoms with Crippen LogP contribution < -0.4 is 10.6 Å². The lowest BCUT2D eigenvalue weighted by atomic mass is 10.0. The normalized spacial score (nSPS) is 21.0. The Morgan fingerprint density at radius 1 is 1.11 bits per heavy atom. The Labute approximate surface area is 117 Å². The van der Waals surface area contributed by atoms with Gasteiger partial charge in [-0.05, 0) is 44.1 Å². The first-order chi connectivity index (χ1) is 8.48. The number of hydrogen-bond donors (Lipinski definition) is 2. The second kappa shape index (κ2) is 5.31. The van der Waals surface area contributed by atoms with E-state index < -0.39 is 5.60 Å². The van der Waals surface area contributed by atoms with E-state index in [4.69, 9.17) is 4.74 Å². The molecule has 0 aromatic heterocycles. The lowest BCUT2D eigenvalue weighted by molar-refractivity contribution is 0.0528. The summed E-state index contributed by atoms with van der Waals surface area (Å²) in [5.74, 6) is 0.710. The van der Waals surface area contributed by atoms with Crippen LogP contribution in [-0.2, 0) is 4.74 Å². The maximum Gasteiger partial charge on any atom is 0.407 e. The molecule has 19 heavy (non-hydrogen) atoms. The molecular formula is C15H30N2O2. The number of carbonyl (C=O) groups is 1. The molecule has 1 aliphatic carbocycles. The number of amides is 1. The predicted octanol–water partition coefficient (Wildman–Crippen LogP) is 2.78.